The third kappa shape index (κ3) is 2.73. The maximum absolute atomic E-state index is 8.58. The number of anilines is 1. The first-order valence-electron chi connectivity index (χ1n) is 4.88. The van der Waals surface area contributed by atoms with E-state index < -0.39 is 0 Å². The molecule has 0 aliphatic rings. The molecule has 0 bridgehead atoms. The number of aromatic nitrogens is 2. The summed E-state index contributed by atoms with van der Waals surface area (Å²) in [4.78, 5) is 2.72. The van der Waals surface area contributed by atoms with Gasteiger partial charge in [-0.15, -0.1) is 21.5 Å². The number of nitrogens with zero attached hydrogens (tertiary/aromatic N) is 4. The van der Waals surface area contributed by atoms with Crippen LogP contribution in [0.25, 0.3) is 10.6 Å². The Morgan fingerprint density at radius 2 is 2.18 bits per heavy atom. The molecular weight excluding hydrogens is 256 g/mol. The minimum atomic E-state index is 0.291. The molecule has 0 saturated carbocycles. The molecule has 0 unspecified atom stereocenters. The zero-order valence-corrected chi connectivity index (χ0v) is 10.7. The minimum absolute atomic E-state index is 0.291. The lowest BCUT2D eigenvalue weighted by Crippen LogP contribution is -2.18. The van der Waals surface area contributed by atoms with Crippen LogP contribution in [0.3, 0.4) is 0 Å². The Bertz CT molecular complexity index is 543. The molecule has 0 aliphatic carbocycles. The largest absolute Gasteiger partial charge is 0.345 e. The van der Waals surface area contributed by atoms with E-state index in [1.54, 1.807) is 11.9 Å². The van der Waals surface area contributed by atoms with Crippen molar-refractivity contribution in [1.82, 2.24) is 10.2 Å². The second-order valence-electron chi connectivity index (χ2n) is 3.39. The van der Waals surface area contributed by atoms with Crippen LogP contribution in [0.4, 0.5) is 5.82 Å². The molecule has 0 fully saturated rings. The van der Waals surface area contributed by atoms with Crippen LogP contribution in [0.1, 0.15) is 0 Å². The molecule has 0 spiro atoms. The summed E-state index contributed by atoms with van der Waals surface area (Å²) in [6.07, 6.45) is 0. The first-order chi connectivity index (χ1) is 8.20. The van der Waals surface area contributed by atoms with Gasteiger partial charge in [0.05, 0.1) is 15.3 Å². The van der Waals surface area contributed by atoms with Gasteiger partial charge >= 0.3 is 0 Å². The highest BCUT2D eigenvalue weighted by atomic mass is 35.5. The van der Waals surface area contributed by atoms with Gasteiger partial charge in [0, 0.05) is 7.05 Å². The Morgan fingerprint density at radius 3 is 2.71 bits per heavy atom. The molecule has 0 aliphatic heterocycles. The van der Waals surface area contributed by atoms with E-state index in [0.29, 0.717) is 12.4 Å². The summed E-state index contributed by atoms with van der Waals surface area (Å²) in [5, 5.41) is 16.8. The summed E-state index contributed by atoms with van der Waals surface area (Å²) >= 11 is 7.32. The molecule has 6 heteroatoms. The Labute approximate surface area is 108 Å². The summed E-state index contributed by atoms with van der Waals surface area (Å²) in [5.41, 5.74) is 0.788. The second-order valence-corrected chi connectivity index (χ2v) is 5.11. The zero-order valence-electron chi connectivity index (χ0n) is 9.09. The molecular formula is C11H9ClN4S. The van der Waals surface area contributed by atoms with Crippen molar-refractivity contribution in [3.8, 4) is 16.6 Å². The van der Waals surface area contributed by atoms with Crippen LogP contribution in [-0.2, 0) is 0 Å². The van der Waals surface area contributed by atoms with Gasteiger partial charge in [-0.05, 0) is 24.3 Å². The fourth-order valence-electron chi connectivity index (χ4n) is 1.30. The van der Waals surface area contributed by atoms with E-state index in [1.807, 2.05) is 24.3 Å². The third-order valence-corrected chi connectivity index (χ3v) is 3.43. The molecule has 0 saturated heterocycles. The predicted octanol–water partition coefficient (Wildman–Crippen LogP) is 2.82. The van der Waals surface area contributed by atoms with Gasteiger partial charge in [0.15, 0.2) is 5.82 Å². The van der Waals surface area contributed by atoms with E-state index in [9.17, 15) is 0 Å². The van der Waals surface area contributed by atoms with Gasteiger partial charge in [0.2, 0.25) is 0 Å². The predicted molar refractivity (Wildman–Crippen MR) is 69.2 cm³/mol. The molecule has 2 rings (SSSR count). The van der Waals surface area contributed by atoms with Crippen molar-refractivity contribution in [1.29, 1.82) is 5.26 Å². The standard InChI is InChI=1S/C11H9ClN4S/c1-16(7-6-13)11-5-2-8(14-15-11)9-3-4-10(12)17-9/h2-5H,7H2,1H3. The number of thiophene rings is 1. The van der Waals surface area contributed by atoms with Crippen LogP contribution in [0.15, 0.2) is 24.3 Å². The van der Waals surface area contributed by atoms with Crippen molar-refractivity contribution in [2.45, 2.75) is 0 Å². The molecule has 4 nitrogen and oxygen atoms in total. The molecule has 2 heterocycles. The van der Waals surface area contributed by atoms with E-state index >= 15 is 0 Å². The number of hydrogen-bond donors (Lipinski definition) is 0. The molecule has 0 atom stereocenters. The zero-order chi connectivity index (χ0) is 12.3. The first-order valence-corrected chi connectivity index (χ1v) is 6.07. The van der Waals surface area contributed by atoms with Crippen molar-refractivity contribution in [2.24, 2.45) is 0 Å². The summed E-state index contributed by atoms with van der Waals surface area (Å²) in [6.45, 7) is 0.291. The maximum atomic E-state index is 8.58. The van der Waals surface area contributed by atoms with Crippen LogP contribution in [0.2, 0.25) is 4.34 Å². The highest BCUT2D eigenvalue weighted by Gasteiger charge is 2.06. The highest BCUT2D eigenvalue weighted by molar-refractivity contribution is 7.19. The van der Waals surface area contributed by atoms with Crippen LogP contribution >= 0.6 is 22.9 Å². The van der Waals surface area contributed by atoms with Gasteiger partial charge in [-0.25, -0.2) is 0 Å². The molecule has 86 valence electrons. The van der Waals surface area contributed by atoms with Gasteiger partial charge in [-0.1, -0.05) is 11.6 Å². The summed E-state index contributed by atoms with van der Waals surface area (Å²) in [7, 11) is 1.80. The number of rotatable bonds is 3. The quantitative estimate of drug-likeness (QED) is 0.800. The molecule has 0 N–H and O–H groups in total. The molecule has 2 aromatic heterocycles. The average molecular weight is 265 g/mol. The lowest BCUT2D eigenvalue weighted by atomic mass is 10.3. The van der Waals surface area contributed by atoms with Crippen LogP contribution < -0.4 is 4.90 Å². The molecule has 2 aromatic rings. The van der Waals surface area contributed by atoms with E-state index in [2.05, 4.69) is 16.3 Å². The van der Waals surface area contributed by atoms with Gasteiger partial charge < -0.3 is 4.90 Å². The molecule has 0 radical (unpaired) electrons. The van der Waals surface area contributed by atoms with Crippen molar-refractivity contribution < 1.29 is 0 Å². The SMILES string of the molecule is CN(CC#N)c1ccc(-c2ccc(Cl)s2)nn1. The molecule has 0 aromatic carbocycles. The third-order valence-electron chi connectivity index (χ3n) is 2.18. The topological polar surface area (TPSA) is 52.8 Å². The number of nitriles is 1. The van der Waals surface area contributed by atoms with Crippen LogP contribution in [-0.4, -0.2) is 23.8 Å². The number of hydrogen-bond acceptors (Lipinski definition) is 5. The lowest BCUT2D eigenvalue weighted by molar-refractivity contribution is 0.935. The molecule has 0 amide bonds. The number of halogens is 1. The fraction of sp³-hybridized carbons (Fsp3) is 0.182. The second kappa shape index (κ2) is 5.13. The highest BCUT2D eigenvalue weighted by Crippen LogP contribution is 2.29. The van der Waals surface area contributed by atoms with Gasteiger partial charge in [0.1, 0.15) is 12.2 Å². The van der Waals surface area contributed by atoms with E-state index in [4.69, 9.17) is 16.9 Å². The average Bonchev–Trinajstić information content (AvgIpc) is 2.76. The van der Waals surface area contributed by atoms with Gasteiger partial charge in [0.25, 0.3) is 0 Å². The van der Waals surface area contributed by atoms with E-state index in [-0.39, 0.29) is 0 Å². The Hall–Kier alpha value is -1.64. The summed E-state index contributed by atoms with van der Waals surface area (Å²) < 4.78 is 0.729. The lowest BCUT2D eigenvalue weighted by Gasteiger charge is -2.12. The monoisotopic (exact) mass is 264 g/mol. The van der Waals surface area contributed by atoms with Crippen molar-refractivity contribution in [3.63, 3.8) is 0 Å². The Kier molecular flexibility index (Phi) is 3.57. The van der Waals surface area contributed by atoms with E-state index in [0.717, 1.165) is 14.9 Å². The van der Waals surface area contributed by atoms with Crippen LogP contribution in [0, 0.1) is 11.3 Å². The normalized spacial score (nSPS) is 9.94. The molecule has 17 heavy (non-hydrogen) atoms. The van der Waals surface area contributed by atoms with Crippen molar-refractivity contribution in [2.75, 3.05) is 18.5 Å². The van der Waals surface area contributed by atoms with Crippen molar-refractivity contribution >= 4 is 28.8 Å². The van der Waals surface area contributed by atoms with Crippen LogP contribution in [0.5, 0.6) is 0 Å². The Morgan fingerprint density at radius 1 is 1.35 bits per heavy atom. The summed E-state index contributed by atoms with van der Waals surface area (Å²) in [6, 6.07) is 9.52. The smallest absolute Gasteiger partial charge is 0.151 e. The fourth-order valence-corrected chi connectivity index (χ4v) is 2.31. The summed E-state index contributed by atoms with van der Waals surface area (Å²) in [5.74, 6) is 0.679. The van der Waals surface area contributed by atoms with Crippen molar-refractivity contribution in [3.05, 3.63) is 28.6 Å². The maximum Gasteiger partial charge on any atom is 0.151 e. The minimum Gasteiger partial charge on any atom is -0.345 e. The van der Waals surface area contributed by atoms with Gasteiger partial charge in [-0.2, -0.15) is 5.26 Å². The van der Waals surface area contributed by atoms with Gasteiger partial charge in [-0.3, -0.25) is 0 Å². The Balaban J connectivity index is 2.21. The first kappa shape index (κ1) is 11.8. The van der Waals surface area contributed by atoms with E-state index in [1.165, 1.54) is 11.3 Å².